The summed E-state index contributed by atoms with van der Waals surface area (Å²) in [5.41, 5.74) is 4.46. The Balaban J connectivity index is 1.45. The number of ether oxygens (including phenoxy) is 7. The minimum absolute atomic E-state index is 0.0147. The predicted molar refractivity (Wildman–Crippen MR) is 165 cm³/mol. The molecule has 2 aromatic rings. The van der Waals surface area contributed by atoms with Crippen molar-refractivity contribution in [3.63, 3.8) is 0 Å². The first-order valence-corrected chi connectivity index (χ1v) is 15.4. The number of benzene rings is 2. The van der Waals surface area contributed by atoms with Crippen molar-refractivity contribution in [2.75, 3.05) is 92.0 Å². The molecule has 0 aromatic heterocycles. The summed E-state index contributed by atoms with van der Waals surface area (Å²) in [5, 5.41) is 13.8. The molecular weight excluding hydrogens is 552 g/mol. The van der Waals surface area contributed by atoms with Gasteiger partial charge in [0.05, 0.1) is 50.9 Å². The van der Waals surface area contributed by atoms with Gasteiger partial charge in [-0.2, -0.15) is 0 Å². The molecule has 2 unspecified atom stereocenters. The van der Waals surface area contributed by atoms with Crippen LogP contribution >= 0.6 is 0 Å². The molecule has 0 amide bonds. The van der Waals surface area contributed by atoms with E-state index in [2.05, 4.69) is 46.6 Å². The summed E-state index contributed by atoms with van der Waals surface area (Å²) >= 11 is 0. The Morgan fingerprint density at radius 2 is 1.60 bits per heavy atom. The van der Waals surface area contributed by atoms with Crippen LogP contribution in [0, 0.1) is 0 Å². The number of aliphatic hydroxyl groups is 1. The Bertz CT molecular complexity index is 1060. The second-order valence-electron chi connectivity index (χ2n) is 11.1. The van der Waals surface area contributed by atoms with E-state index in [1.54, 1.807) is 21.3 Å². The van der Waals surface area contributed by atoms with E-state index in [-0.39, 0.29) is 31.3 Å². The van der Waals surface area contributed by atoms with Gasteiger partial charge in [-0.3, -0.25) is 0 Å². The largest absolute Gasteiger partial charge is 0.490 e. The highest BCUT2D eigenvalue weighted by Gasteiger charge is 2.36. The zero-order chi connectivity index (χ0) is 30.3. The number of nitrogens with one attached hydrogen (secondary N) is 1. The SMILES string of the molecule is COCCCOCc1ccc(C2[C@@H](OCc3ccc4c(c3)N(CCCOC)CCO4)CNC[C@H]2OCC(O)COC)cc1. The van der Waals surface area contributed by atoms with Gasteiger partial charge in [-0.25, -0.2) is 0 Å². The van der Waals surface area contributed by atoms with Crippen LogP contribution in [0.25, 0.3) is 0 Å². The number of hydrogen-bond acceptors (Lipinski definition) is 10. The van der Waals surface area contributed by atoms with Crippen LogP contribution in [0.15, 0.2) is 42.5 Å². The zero-order valence-corrected chi connectivity index (χ0v) is 26.0. The summed E-state index contributed by atoms with van der Waals surface area (Å²) in [6, 6.07) is 14.8. The van der Waals surface area contributed by atoms with Crippen molar-refractivity contribution >= 4 is 5.69 Å². The third-order valence-electron chi connectivity index (χ3n) is 7.85. The molecule has 1 fully saturated rings. The average Bonchev–Trinajstić information content (AvgIpc) is 3.03. The van der Waals surface area contributed by atoms with Crippen LogP contribution in [0.2, 0.25) is 0 Å². The maximum absolute atomic E-state index is 10.3. The number of piperidine rings is 1. The Kier molecular flexibility index (Phi) is 14.5. The maximum atomic E-state index is 10.3. The van der Waals surface area contributed by atoms with Crippen LogP contribution < -0.4 is 15.0 Å². The quantitative estimate of drug-likeness (QED) is 0.233. The van der Waals surface area contributed by atoms with Crippen molar-refractivity contribution in [3.8, 4) is 5.75 Å². The van der Waals surface area contributed by atoms with Crippen molar-refractivity contribution < 1.29 is 38.3 Å². The van der Waals surface area contributed by atoms with Crippen molar-refractivity contribution in [1.29, 1.82) is 0 Å². The molecule has 2 N–H and O–H groups in total. The van der Waals surface area contributed by atoms with Gasteiger partial charge in [0, 0.05) is 66.7 Å². The molecule has 0 bridgehead atoms. The molecule has 4 atom stereocenters. The lowest BCUT2D eigenvalue weighted by atomic mass is 9.85. The molecule has 0 saturated carbocycles. The molecule has 10 nitrogen and oxygen atoms in total. The second kappa shape index (κ2) is 18.5. The molecule has 2 aliphatic rings. The number of hydrogen-bond donors (Lipinski definition) is 2. The number of methoxy groups -OCH3 is 3. The van der Waals surface area contributed by atoms with E-state index in [9.17, 15) is 5.11 Å². The first kappa shape index (κ1) is 33.6. The van der Waals surface area contributed by atoms with E-state index in [1.807, 2.05) is 6.07 Å². The number of fused-ring (bicyclic) bond motifs is 1. The van der Waals surface area contributed by atoms with Gasteiger partial charge < -0.3 is 48.5 Å². The third kappa shape index (κ3) is 10.4. The molecule has 43 heavy (non-hydrogen) atoms. The van der Waals surface area contributed by atoms with E-state index in [0.29, 0.717) is 46.1 Å². The molecular formula is C33H50N2O8. The highest BCUT2D eigenvalue weighted by molar-refractivity contribution is 5.61. The van der Waals surface area contributed by atoms with Crippen molar-refractivity contribution in [2.45, 2.75) is 50.3 Å². The minimum Gasteiger partial charge on any atom is -0.490 e. The van der Waals surface area contributed by atoms with Crippen LogP contribution in [-0.4, -0.2) is 111 Å². The molecule has 2 heterocycles. The maximum Gasteiger partial charge on any atom is 0.142 e. The van der Waals surface area contributed by atoms with Crippen LogP contribution in [0.3, 0.4) is 0 Å². The molecule has 0 aliphatic carbocycles. The first-order valence-electron chi connectivity index (χ1n) is 15.4. The Morgan fingerprint density at radius 1 is 0.860 bits per heavy atom. The smallest absolute Gasteiger partial charge is 0.142 e. The zero-order valence-electron chi connectivity index (χ0n) is 26.0. The molecule has 1 saturated heterocycles. The molecule has 2 aliphatic heterocycles. The third-order valence-corrected chi connectivity index (χ3v) is 7.85. The van der Waals surface area contributed by atoms with Gasteiger partial charge in [-0.15, -0.1) is 0 Å². The summed E-state index contributed by atoms with van der Waals surface area (Å²) < 4.78 is 40.1. The summed E-state index contributed by atoms with van der Waals surface area (Å²) in [5.74, 6) is 0.898. The van der Waals surface area contributed by atoms with Gasteiger partial charge in [-0.1, -0.05) is 30.3 Å². The van der Waals surface area contributed by atoms with Crippen molar-refractivity contribution in [3.05, 3.63) is 59.2 Å². The monoisotopic (exact) mass is 602 g/mol. The lowest BCUT2D eigenvalue weighted by Crippen LogP contribution is -2.51. The van der Waals surface area contributed by atoms with Gasteiger partial charge in [0.1, 0.15) is 18.5 Å². The van der Waals surface area contributed by atoms with E-state index >= 15 is 0 Å². The fourth-order valence-corrected chi connectivity index (χ4v) is 5.67. The first-order chi connectivity index (χ1) is 21.1. The van der Waals surface area contributed by atoms with E-state index in [1.165, 1.54) is 0 Å². The van der Waals surface area contributed by atoms with Crippen molar-refractivity contribution in [1.82, 2.24) is 5.32 Å². The van der Waals surface area contributed by atoms with E-state index < -0.39 is 6.10 Å². The molecule has 2 aromatic carbocycles. The Hall–Kier alpha value is -2.28. The topological polar surface area (TPSA) is 100 Å². The van der Waals surface area contributed by atoms with Crippen LogP contribution in [-0.2, 0) is 41.6 Å². The van der Waals surface area contributed by atoms with Crippen LogP contribution in [0.5, 0.6) is 5.75 Å². The molecule has 0 radical (unpaired) electrons. The summed E-state index contributed by atoms with van der Waals surface area (Å²) in [4.78, 5) is 2.37. The van der Waals surface area contributed by atoms with Gasteiger partial charge >= 0.3 is 0 Å². The summed E-state index contributed by atoms with van der Waals surface area (Å²) in [6.07, 6.45) is 0.855. The van der Waals surface area contributed by atoms with E-state index in [0.717, 1.165) is 60.7 Å². The summed E-state index contributed by atoms with van der Waals surface area (Å²) in [7, 11) is 5.02. The summed E-state index contributed by atoms with van der Waals surface area (Å²) in [6.45, 7) is 7.38. The lowest BCUT2D eigenvalue weighted by molar-refractivity contribution is -0.0856. The van der Waals surface area contributed by atoms with E-state index in [4.69, 9.17) is 33.2 Å². The van der Waals surface area contributed by atoms with Gasteiger partial charge in [0.15, 0.2) is 0 Å². The fraction of sp³-hybridized carbons (Fsp3) is 0.636. The van der Waals surface area contributed by atoms with Crippen LogP contribution in [0.1, 0.15) is 35.4 Å². The highest BCUT2D eigenvalue weighted by atomic mass is 16.5. The molecule has 10 heteroatoms. The van der Waals surface area contributed by atoms with Crippen LogP contribution in [0.4, 0.5) is 5.69 Å². The second-order valence-corrected chi connectivity index (χ2v) is 11.1. The Labute approximate surface area is 256 Å². The fourth-order valence-electron chi connectivity index (χ4n) is 5.67. The highest BCUT2D eigenvalue weighted by Crippen LogP contribution is 2.34. The normalized spacial score (nSPS) is 20.9. The predicted octanol–water partition coefficient (Wildman–Crippen LogP) is 3.14. The van der Waals surface area contributed by atoms with Gasteiger partial charge in [0.25, 0.3) is 0 Å². The molecule has 0 spiro atoms. The Morgan fingerprint density at radius 3 is 2.37 bits per heavy atom. The number of rotatable bonds is 19. The van der Waals surface area contributed by atoms with Gasteiger partial charge in [-0.05, 0) is 41.7 Å². The van der Waals surface area contributed by atoms with Crippen molar-refractivity contribution in [2.24, 2.45) is 0 Å². The number of anilines is 1. The molecule has 240 valence electrons. The standard InChI is InChI=1S/C33H50N2O8/c1-37-14-4-12-35-13-17-41-30-11-8-26(18-29(30)35)22-42-31-19-34-20-32(43-24-28(36)23-39-3)33(31)27-9-6-25(7-10-27)21-40-16-5-15-38-2/h6-11,18,28,31-34,36H,4-5,12-17,19-24H2,1-3H3/t28?,31-,32+,33?/m0/s1. The lowest BCUT2D eigenvalue weighted by Gasteiger charge is -2.39. The number of nitrogens with zero attached hydrogens (tertiary/aromatic N) is 1. The number of aliphatic hydroxyl groups excluding tert-OH is 1. The molecule has 4 rings (SSSR count). The average molecular weight is 603 g/mol. The van der Waals surface area contributed by atoms with Gasteiger partial charge in [0.2, 0.25) is 0 Å². The minimum atomic E-state index is -0.686.